The van der Waals surface area contributed by atoms with Crippen molar-refractivity contribution in [1.82, 2.24) is 0 Å². The number of methoxy groups -OCH3 is 2. The maximum Gasteiger partial charge on any atom is 0.161 e. The molecule has 0 amide bonds. The smallest absolute Gasteiger partial charge is 0.161 e. The summed E-state index contributed by atoms with van der Waals surface area (Å²) in [5.74, 6) is 1.62. The molecule has 0 spiro atoms. The zero-order valence-corrected chi connectivity index (χ0v) is 20.7. The first-order chi connectivity index (χ1) is 15.5. The number of fused-ring (bicyclic) bond motifs is 1. The zero-order chi connectivity index (χ0) is 22.8. The molecule has 168 valence electrons. The Bertz CT molecular complexity index is 1140. The van der Waals surface area contributed by atoms with Gasteiger partial charge in [0.1, 0.15) is 18.2 Å². The van der Waals surface area contributed by atoms with E-state index in [4.69, 9.17) is 37.4 Å². The Labute approximate surface area is 204 Å². The van der Waals surface area contributed by atoms with Crippen molar-refractivity contribution in [3.05, 3.63) is 69.5 Å². The Hall–Kier alpha value is -2.15. The molecule has 0 N–H and O–H groups in total. The Balaban J connectivity index is 1.84. The summed E-state index contributed by atoms with van der Waals surface area (Å²) in [6.07, 6.45) is 0. The molecule has 0 fully saturated rings. The summed E-state index contributed by atoms with van der Waals surface area (Å²) >= 11 is 16.4. The SMILES string of the molecule is COc1ccc(CN2CCOc3c(CBr)ccc(-c4c(Cl)cc(F)cc4Cl)c32)cc1OC. The molecule has 0 atom stereocenters. The van der Waals surface area contributed by atoms with E-state index in [1.807, 2.05) is 30.3 Å². The van der Waals surface area contributed by atoms with Crippen molar-refractivity contribution in [3.63, 3.8) is 0 Å². The number of nitrogens with zero attached hydrogens (tertiary/aromatic N) is 1. The van der Waals surface area contributed by atoms with Gasteiger partial charge in [-0.25, -0.2) is 4.39 Å². The van der Waals surface area contributed by atoms with Crippen LogP contribution in [0.4, 0.5) is 10.1 Å². The van der Waals surface area contributed by atoms with E-state index >= 15 is 0 Å². The van der Waals surface area contributed by atoms with Gasteiger partial charge < -0.3 is 19.1 Å². The number of anilines is 1. The number of halogens is 4. The van der Waals surface area contributed by atoms with Crippen molar-refractivity contribution in [2.45, 2.75) is 11.9 Å². The topological polar surface area (TPSA) is 30.9 Å². The van der Waals surface area contributed by atoms with Crippen molar-refractivity contribution >= 4 is 44.8 Å². The number of alkyl halides is 1. The van der Waals surface area contributed by atoms with Crippen molar-refractivity contribution in [2.75, 3.05) is 32.3 Å². The molecular weight excluding hydrogens is 520 g/mol. The van der Waals surface area contributed by atoms with E-state index < -0.39 is 5.82 Å². The molecule has 4 rings (SSSR count). The van der Waals surface area contributed by atoms with E-state index in [1.165, 1.54) is 12.1 Å². The van der Waals surface area contributed by atoms with Crippen LogP contribution in [0.2, 0.25) is 10.0 Å². The molecule has 4 nitrogen and oxygen atoms in total. The molecule has 3 aromatic rings. The van der Waals surface area contributed by atoms with Gasteiger partial charge in [-0.2, -0.15) is 0 Å². The van der Waals surface area contributed by atoms with Gasteiger partial charge in [0.15, 0.2) is 11.5 Å². The van der Waals surface area contributed by atoms with Gasteiger partial charge in [-0.1, -0.05) is 57.3 Å². The first kappa shape index (κ1) is 23.0. The fourth-order valence-electron chi connectivity index (χ4n) is 3.92. The molecule has 8 heteroatoms. The summed E-state index contributed by atoms with van der Waals surface area (Å²) in [6, 6.07) is 12.3. The highest BCUT2D eigenvalue weighted by Gasteiger charge is 2.27. The fraction of sp³-hybridized carbons (Fsp3) is 0.250. The Morgan fingerprint density at radius 2 is 1.75 bits per heavy atom. The maximum absolute atomic E-state index is 13.8. The highest BCUT2D eigenvalue weighted by molar-refractivity contribution is 9.08. The van der Waals surface area contributed by atoms with E-state index in [9.17, 15) is 4.39 Å². The predicted molar refractivity (Wildman–Crippen MR) is 131 cm³/mol. The van der Waals surface area contributed by atoms with Crippen molar-refractivity contribution in [1.29, 1.82) is 0 Å². The molecule has 1 aliphatic heterocycles. The third-order valence-electron chi connectivity index (χ3n) is 5.38. The standard InChI is InChI=1S/C24H21BrCl2FNO3/c1-30-20-6-3-14(9-21(20)31-2)13-29-7-8-32-24-15(12-25)4-5-17(23(24)29)22-18(26)10-16(28)11-19(22)27/h3-6,9-11H,7-8,12-13H2,1-2H3. The summed E-state index contributed by atoms with van der Waals surface area (Å²) in [6.45, 7) is 1.80. The lowest BCUT2D eigenvalue weighted by molar-refractivity contribution is 0.305. The van der Waals surface area contributed by atoms with Crippen LogP contribution in [0.5, 0.6) is 17.2 Å². The molecule has 0 saturated heterocycles. The van der Waals surface area contributed by atoms with Crippen LogP contribution in [0, 0.1) is 5.82 Å². The quantitative estimate of drug-likeness (QED) is 0.312. The molecule has 1 aliphatic rings. The van der Waals surface area contributed by atoms with Gasteiger partial charge >= 0.3 is 0 Å². The van der Waals surface area contributed by atoms with Gasteiger partial charge in [0.25, 0.3) is 0 Å². The van der Waals surface area contributed by atoms with E-state index in [-0.39, 0.29) is 10.0 Å². The lowest BCUT2D eigenvalue weighted by atomic mass is 9.98. The molecular formula is C24H21BrCl2FNO3. The largest absolute Gasteiger partial charge is 0.493 e. The van der Waals surface area contributed by atoms with Crippen LogP contribution in [0.25, 0.3) is 11.1 Å². The minimum absolute atomic E-state index is 0.250. The molecule has 3 aromatic carbocycles. The Morgan fingerprint density at radius 3 is 2.41 bits per heavy atom. The van der Waals surface area contributed by atoms with Crippen LogP contribution < -0.4 is 19.1 Å². The highest BCUT2D eigenvalue weighted by atomic mass is 79.9. The molecule has 0 saturated carbocycles. The second-order valence-corrected chi connectivity index (χ2v) is 8.66. The second-order valence-electron chi connectivity index (χ2n) is 7.29. The minimum atomic E-state index is -0.479. The molecule has 1 heterocycles. The summed E-state index contributed by atoms with van der Waals surface area (Å²) in [7, 11) is 3.23. The Kier molecular flexibility index (Phi) is 7.03. The van der Waals surface area contributed by atoms with Crippen LogP contribution in [0.1, 0.15) is 11.1 Å². The molecule has 32 heavy (non-hydrogen) atoms. The molecule has 0 aliphatic carbocycles. The number of hydrogen-bond acceptors (Lipinski definition) is 4. The Morgan fingerprint density at radius 1 is 1.03 bits per heavy atom. The summed E-state index contributed by atoms with van der Waals surface area (Å²) in [5.41, 5.74) is 4.30. The summed E-state index contributed by atoms with van der Waals surface area (Å²) in [5, 5.41) is 1.13. The van der Waals surface area contributed by atoms with Crippen LogP contribution in [0.3, 0.4) is 0 Å². The molecule has 0 unspecified atom stereocenters. The minimum Gasteiger partial charge on any atom is -0.493 e. The van der Waals surface area contributed by atoms with Gasteiger partial charge in [-0.05, 0) is 29.8 Å². The third-order valence-corrected chi connectivity index (χ3v) is 6.58. The second kappa shape index (κ2) is 9.77. The number of hydrogen-bond donors (Lipinski definition) is 0. The average Bonchev–Trinajstić information content (AvgIpc) is 2.78. The fourth-order valence-corrected chi connectivity index (χ4v) is 5.03. The predicted octanol–water partition coefficient (Wildman–Crippen LogP) is 7.11. The van der Waals surface area contributed by atoms with Crippen molar-refractivity contribution in [2.24, 2.45) is 0 Å². The van der Waals surface area contributed by atoms with Crippen molar-refractivity contribution in [3.8, 4) is 28.4 Å². The zero-order valence-electron chi connectivity index (χ0n) is 17.6. The lowest BCUT2D eigenvalue weighted by Crippen LogP contribution is -2.33. The number of ether oxygens (including phenoxy) is 3. The third kappa shape index (κ3) is 4.36. The maximum atomic E-state index is 13.8. The van der Waals surface area contributed by atoms with Crippen LogP contribution in [-0.2, 0) is 11.9 Å². The van der Waals surface area contributed by atoms with Crippen LogP contribution in [0.15, 0.2) is 42.5 Å². The number of benzene rings is 3. The summed E-state index contributed by atoms with van der Waals surface area (Å²) < 4.78 is 30.8. The molecule has 0 aromatic heterocycles. The van der Waals surface area contributed by atoms with Gasteiger partial charge in [0.05, 0.1) is 36.5 Å². The van der Waals surface area contributed by atoms with Crippen LogP contribution >= 0.6 is 39.1 Å². The molecule has 0 bridgehead atoms. The average molecular weight is 541 g/mol. The highest BCUT2D eigenvalue weighted by Crippen LogP contribution is 2.48. The van der Waals surface area contributed by atoms with Gasteiger partial charge in [-0.15, -0.1) is 0 Å². The van der Waals surface area contributed by atoms with E-state index in [0.29, 0.717) is 42.1 Å². The normalized spacial score (nSPS) is 12.9. The van der Waals surface area contributed by atoms with Crippen LogP contribution in [-0.4, -0.2) is 27.4 Å². The monoisotopic (exact) mass is 539 g/mol. The number of rotatable bonds is 6. The van der Waals surface area contributed by atoms with Gasteiger partial charge in [0, 0.05) is 28.6 Å². The first-order valence-electron chi connectivity index (χ1n) is 9.92. The van der Waals surface area contributed by atoms with E-state index in [0.717, 1.165) is 28.1 Å². The van der Waals surface area contributed by atoms with Gasteiger partial charge in [-0.3, -0.25) is 0 Å². The molecule has 0 radical (unpaired) electrons. The van der Waals surface area contributed by atoms with Crippen molar-refractivity contribution < 1.29 is 18.6 Å². The van der Waals surface area contributed by atoms with E-state index in [1.54, 1.807) is 14.2 Å². The summed E-state index contributed by atoms with van der Waals surface area (Å²) in [4.78, 5) is 2.22. The van der Waals surface area contributed by atoms with Gasteiger partial charge in [0.2, 0.25) is 0 Å². The van der Waals surface area contributed by atoms with E-state index in [2.05, 4.69) is 20.8 Å². The lowest BCUT2D eigenvalue weighted by Gasteiger charge is -2.35. The first-order valence-corrected chi connectivity index (χ1v) is 11.8.